The van der Waals surface area contributed by atoms with Crippen LogP contribution in [0.15, 0.2) is 18.2 Å². The Bertz CT molecular complexity index is 404. The van der Waals surface area contributed by atoms with E-state index < -0.39 is 0 Å². The van der Waals surface area contributed by atoms with E-state index in [1.165, 1.54) is 12.1 Å². The summed E-state index contributed by atoms with van der Waals surface area (Å²) >= 11 is 0. The van der Waals surface area contributed by atoms with Crippen molar-refractivity contribution in [2.45, 2.75) is 19.9 Å². The molecule has 0 saturated heterocycles. The summed E-state index contributed by atoms with van der Waals surface area (Å²) in [6.07, 6.45) is 0. The van der Waals surface area contributed by atoms with Gasteiger partial charge in [-0.3, -0.25) is 0 Å². The van der Waals surface area contributed by atoms with Crippen molar-refractivity contribution in [3.8, 4) is 0 Å². The smallest absolute Gasteiger partial charge is 0.319 e. The van der Waals surface area contributed by atoms with Crippen molar-refractivity contribution in [3.05, 3.63) is 29.6 Å². The van der Waals surface area contributed by atoms with Gasteiger partial charge in [0.2, 0.25) is 0 Å². The van der Waals surface area contributed by atoms with Crippen LogP contribution in [0.2, 0.25) is 0 Å². The normalized spacial score (nSPS) is 19.5. The second-order valence-electron chi connectivity index (χ2n) is 4.05. The van der Waals surface area contributed by atoms with E-state index in [1.807, 2.05) is 13.8 Å². The molecule has 15 heavy (non-hydrogen) atoms. The number of rotatable bonds is 1. The summed E-state index contributed by atoms with van der Waals surface area (Å²) in [6, 6.07) is 4.15. The average molecular weight is 208 g/mol. The molecule has 2 N–H and O–H groups in total. The van der Waals surface area contributed by atoms with E-state index in [1.54, 1.807) is 6.07 Å². The van der Waals surface area contributed by atoms with E-state index in [9.17, 15) is 9.18 Å². The van der Waals surface area contributed by atoms with Crippen LogP contribution in [0.5, 0.6) is 0 Å². The maximum absolute atomic E-state index is 13.0. The Hall–Kier alpha value is -1.58. The molecular formula is C11H13FN2O. The Kier molecular flexibility index (Phi) is 2.34. The lowest BCUT2D eigenvalue weighted by molar-refractivity contribution is 0.243. The molecule has 1 atom stereocenters. The van der Waals surface area contributed by atoms with Gasteiger partial charge < -0.3 is 10.6 Å². The highest BCUT2D eigenvalue weighted by Crippen LogP contribution is 2.31. The molecule has 0 aliphatic carbocycles. The lowest BCUT2D eigenvalue weighted by Crippen LogP contribution is -2.39. The Labute approximate surface area is 87.7 Å². The third-order valence-corrected chi connectivity index (χ3v) is 2.55. The van der Waals surface area contributed by atoms with Gasteiger partial charge in [0.15, 0.2) is 0 Å². The molecular weight excluding hydrogens is 195 g/mol. The van der Waals surface area contributed by atoms with Gasteiger partial charge in [0.25, 0.3) is 0 Å². The first kappa shape index (κ1) is 9.96. The molecule has 1 heterocycles. The van der Waals surface area contributed by atoms with E-state index in [-0.39, 0.29) is 23.8 Å². The molecule has 1 aliphatic rings. The van der Waals surface area contributed by atoms with Crippen LogP contribution in [0.4, 0.5) is 14.9 Å². The Morgan fingerprint density at radius 2 is 2.13 bits per heavy atom. The maximum atomic E-state index is 13.0. The first-order valence-corrected chi connectivity index (χ1v) is 4.95. The summed E-state index contributed by atoms with van der Waals surface area (Å²) in [7, 11) is 0. The number of urea groups is 1. The molecule has 0 fully saturated rings. The minimum absolute atomic E-state index is 0.0469. The van der Waals surface area contributed by atoms with Crippen molar-refractivity contribution in [1.82, 2.24) is 5.32 Å². The van der Waals surface area contributed by atoms with Gasteiger partial charge in [0.05, 0.1) is 11.7 Å². The number of fused-ring (bicyclic) bond motifs is 1. The number of benzene rings is 1. The quantitative estimate of drug-likeness (QED) is 0.731. The summed E-state index contributed by atoms with van der Waals surface area (Å²) in [5.74, 6) is -0.0567. The van der Waals surface area contributed by atoms with Crippen LogP contribution < -0.4 is 10.6 Å². The predicted molar refractivity (Wildman–Crippen MR) is 56.1 cm³/mol. The third-order valence-electron chi connectivity index (χ3n) is 2.55. The predicted octanol–water partition coefficient (Wildman–Crippen LogP) is 2.66. The van der Waals surface area contributed by atoms with Crippen molar-refractivity contribution in [3.63, 3.8) is 0 Å². The van der Waals surface area contributed by atoms with Gasteiger partial charge in [0, 0.05) is 0 Å². The molecule has 4 heteroatoms. The van der Waals surface area contributed by atoms with Crippen molar-refractivity contribution >= 4 is 11.7 Å². The van der Waals surface area contributed by atoms with Gasteiger partial charge >= 0.3 is 6.03 Å². The number of carbonyl (C=O) groups is 1. The molecule has 0 bridgehead atoms. The second kappa shape index (κ2) is 3.53. The number of carbonyl (C=O) groups excluding carboxylic acids is 1. The SMILES string of the molecule is CC(C)C1NC(=O)Nc2cc(F)ccc21. The minimum Gasteiger partial charge on any atom is -0.331 e. The van der Waals surface area contributed by atoms with Gasteiger partial charge in [-0.1, -0.05) is 19.9 Å². The van der Waals surface area contributed by atoms with Crippen LogP contribution in [0.3, 0.4) is 0 Å². The second-order valence-corrected chi connectivity index (χ2v) is 4.05. The summed E-state index contributed by atoms with van der Waals surface area (Å²) in [5.41, 5.74) is 1.50. The van der Waals surface area contributed by atoms with Crippen molar-refractivity contribution in [2.75, 3.05) is 5.32 Å². The van der Waals surface area contributed by atoms with Crippen molar-refractivity contribution in [1.29, 1.82) is 0 Å². The topological polar surface area (TPSA) is 41.1 Å². The summed E-state index contributed by atoms with van der Waals surface area (Å²) < 4.78 is 13.0. The molecule has 2 amide bonds. The zero-order chi connectivity index (χ0) is 11.0. The Morgan fingerprint density at radius 3 is 2.80 bits per heavy atom. The molecule has 80 valence electrons. The minimum atomic E-state index is -0.335. The largest absolute Gasteiger partial charge is 0.331 e. The fourth-order valence-electron chi connectivity index (χ4n) is 1.81. The van der Waals surface area contributed by atoms with Crippen LogP contribution in [-0.4, -0.2) is 6.03 Å². The van der Waals surface area contributed by atoms with Gasteiger partial charge in [-0.05, 0) is 23.6 Å². The van der Waals surface area contributed by atoms with Crippen LogP contribution in [0.1, 0.15) is 25.5 Å². The number of halogens is 1. The number of nitrogens with one attached hydrogen (secondary N) is 2. The van der Waals surface area contributed by atoms with E-state index in [2.05, 4.69) is 10.6 Å². The Morgan fingerprint density at radius 1 is 1.40 bits per heavy atom. The molecule has 0 aromatic heterocycles. The molecule has 0 saturated carbocycles. The third kappa shape index (κ3) is 1.79. The van der Waals surface area contributed by atoms with Crippen molar-refractivity contribution < 1.29 is 9.18 Å². The number of hydrogen-bond donors (Lipinski definition) is 2. The maximum Gasteiger partial charge on any atom is 0.319 e. The van der Waals surface area contributed by atoms with E-state index in [0.717, 1.165) is 5.56 Å². The molecule has 3 nitrogen and oxygen atoms in total. The summed E-state index contributed by atoms with van der Waals surface area (Å²) in [5, 5.41) is 5.41. The first-order valence-electron chi connectivity index (χ1n) is 4.95. The molecule has 0 radical (unpaired) electrons. The standard InChI is InChI=1S/C11H13FN2O/c1-6(2)10-8-4-3-7(12)5-9(8)13-11(15)14-10/h3-6,10H,1-2H3,(H2,13,14,15). The average Bonchev–Trinajstić information content (AvgIpc) is 2.15. The van der Waals surface area contributed by atoms with Gasteiger partial charge in [0.1, 0.15) is 5.82 Å². The fraction of sp³-hybridized carbons (Fsp3) is 0.364. The summed E-state index contributed by atoms with van der Waals surface area (Å²) in [6.45, 7) is 4.03. The zero-order valence-corrected chi connectivity index (χ0v) is 8.67. The lowest BCUT2D eigenvalue weighted by atomic mass is 9.93. The molecule has 2 rings (SSSR count). The van der Waals surface area contributed by atoms with Crippen molar-refractivity contribution in [2.24, 2.45) is 5.92 Å². The molecule has 1 aromatic carbocycles. The fourth-order valence-corrected chi connectivity index (χ4v) is 1.81. The van der Waals surface area contributed by atoms with E-state index in [0.29, 0.717) is 5.69 Å². The monoisotopic (exact) mass is 208 g/mol. The van der Waals surface area contributed by atoms with Crippen LogP contribution >= 0.6 is 0 Å². The Balaban J connectivity index is 2.46. The number of amides is 2. The first-order chi connectivity index (χ1) is 7.08. The summed E-state index contributed by atoms with van der Waals surface area (Å²) in [4.78, 5) is 11.3. The zero-order valence-electron chi connectivity index (χ0n) is 8.67. The van der Waals surface area contributed by atoms with E-state index >= 15 is 0 Å². The number of anilines is 1. The highest BCUT2D eigenvalue weighted by Gasteiger charge is 2.26. The lowest BCUT2D eigenvalue weighted by Gasteiger charge is -2.29. The van der Waals surface area contributed by atoms with Gasteiger partial charge in [-0.2, -0.15) is 0 Å². The van der Waals surface area contributed by atoms with E-state index in [4.69, 9.17) is 0 Å². The molecule has 1 aliphatic heterocycles. The highest BCUT2D eigenvalue weighted by molar-refractivity contribution is 5.93. The van der Waals surface area contributed by atoms with Gasteiger partial charge in [-0.25, -0.2) is 9.18 Å². The van der Waals surface area contributed by atoms with Crippen LogP contribution in [0, 0.1) is 11.7 Å². The van der Waals surface area contributed by atoms with Gasteiger partial charge in [-0.15, -0.1) is 0 Å². The molecule has 1 unspecified atom stereocenters. The van der Waals surface area contributed by atoms with Crippen LogP contribution in [0.25, 0.3) is 0 Å². The molecule has 0 spiro atoms. The number of hydrogen-bond acceptors (Lipinski definition) is 1. The molecule has 1 aromatic rings. The highest BCUT2D eigenvalue weighted by atomic mass is 19.1. The van der Waals surface area contributed by atoms with Crippen LogP contribution in [-0.2, 0) is 0 Å².